The molecule has 0 spiro atoms. The summed E-state index contributed by atoms with van der Waals surface area (Å²) in [6.07, 6.45) is 5.82. The van der Waals surface area contributed by atoms with Crippen LogP contribution in [0, 0.1) is 0 Å². The van der Waals surface area contributed by atoms with Crippen molar-refractivity contribution in [1.82, 2.24) is 4.90 Å². The maximum Gasteiger partial charge on any atom is 0.122 e. The number of fused-ring (bicyclic) bond motifs is 2. The van der Waals surface area contributed by atoms with Crippen LogP contribution in [0.5, 0.6) is 11.5 Å². The molecular weight excluding hydrogens is 334 g/mol. The summed E-state index contributed by atoms with van der Waals surface area (Å²) >= 11 is 0. The van der Waals surface area contributed by atoms with Crippen molar-refractivity contribution in [2.24, 2.45) is 0 Å². The molecule has 2 aromatic carbocycles. The number of hydrogen-bond donors (Lipinski definition) is 0. The Kier molecular flexibility index (Phi) is 5.68. The van der Waals surface area contributed by atoms with Crippen LogP contribution in [0.4, 0.5) is 0 Å². The summed E-state index contributed by atoms with van der Waals surface area (Å²) in [6, 6.07) is 13.3. The number of hydrogen-bond acceptors (Lipinski definition) is 3. The van der Waals surface area contributed by atoms with Crippen molar-refractivity contribution in [3.63, 3.8) is 0 Å². The highest BCUT2D eigenvalue weighted by atomic mass is 16.5. The number of ether oxygens (including phenoxy) is 2. The third kappa shape index (κ3) is 4.14. The average molecular weight is 366 g/mol. The molecule has 0 fully saturated rings. The van der Waals surface area contributed by atoms with Gasteiger partial charge in [-0.15, -0.1) is 0 Å². The maximum absolute atomic E-state index is 5.87. The predicted octanol–water partition coefficient (Wildman–Crippen LogP) is 4.61. The number of rotatable bonds is 7. The number of nitrogens with zero attached hydrogens (tertiary/aromatic N) is 1. The molecule has 0 amide bonds. The summed E-state index contributed by atoms with van der Waals surface area (Å²) in [6.45, 7) is 5.84. The van der Waals surface area contributed by atoms with Gasteiger partial charge in [-0.05, 0) is 80.0 Å². The lowest BCUT2D eigenvalue weighted by atomic mass is 9.82. The smallest absolute Gasteiger partial charge is 0.122 e. The van der Waals surface area contributed by atoms with E-state index >= 15 is 0 Å². The molecule has 2 aromatic rings. The van der Waals surface area contributed by atoms with Gasteiger partial charge in [0.15, 0.2) is 0 Å². The third-order valence-corrected chi connectivity index (χ3v) is 5.96. The monoisotopic (exact) mass is 365 g/mol. The fourth-order valence-corrected chi connectivity index (χ4v) is 4.55. The molecule has 1 heterocycles. The van der Waals surface area contributed by atoms with Gasteiger partial charge in [0, 0.05) is 19.5 Å². The van der Waals surface area contributed by atoms with Crippen LogP contribution in [0.15, 0.2) is 36.4 Å². The molecule has 0 aromatic heterocycles. The van der Waals surface area contributed by atoms with Crippen LogP contribution in [0.3, 0.4) is 0 Å². The molecule has 0 radical (unpaired) electrons. The van der Waals surface area contributed by atoms with Crippen molar-refractivity contribution in [3.05, 3.63) is 58.7 Å². The Bertz CT molecular complexity index is 786. The summed E-state index contributed by atoms with van der Waals surface area (Å²) in [5.74, 6) is 2.81. The van der Waals surface area contributed by atoms with Crippen molar-refractivity contribution in [2.75, 3.05) is 33.4 Å². The second-order valence-corrected chi connectivity index (χ2v) is 7.90. The molecule has 1 aliphatic heterocycles. The molecule has 144 valence electrons. The minimum Gasteiger partial charge on any atom is -0.494 e. The summed E-state index contributed by atoms with van der Waals surface area (Å²) < 4.78 is 11.6. The second-order valence-electron chi connectivity index (χ2n) is 7.90. The first-order valence-corrected chi connectivity index (χ1v) is 10.4. The molecule has 0 N–H and O–H groups in total. The first-order valence-electron chi connectivity index (χ1n) is 10.4. The van der Waals surface area contributed by atoms with Gasteiger partial charge in [0.05, 0.1) is 13.2 Å². The maximum atomic E-state index is 5.87. The van der Waals surface area contributed by atoms with Gasteiger partial charge in [-0.1, -0.05) is 24.3 Å². The van der Waals surface area contributed by atoms with Crippen LogP contribution in [0.2, 0.25) is 0 Å². The van der Waals surface area contributed by atoms with E-state index in [1.807, 2.05) is 0 Å². The average Bonchev–Trinajstić information content (AvgIpc) is 3.15. The van der Waals surface area contributed by atoms with Gasteiger partial charge in [-0.3, -0.25) is 0 Å². The SMILES string of the molecule is CCOc1cccc2c1CCC[C@H]2CN(C)CCc1ccc2c(c1)OCC2. The molecule has 1 aliphatic carbocycles. The fraction of sp³-hybridized carbons (Fsp3) is 0.500. The fourth-order valence-electron chi connectivity index (χ4n) is 4.55. The first-order chi connectivity index (χ1) is 13.2. The van der Waals surface area contributed by atoms with Crippen LogP contribution in [0.25, 0.3) is 0 Å². The molecule has 0 unspecified atom stereocenters. The largest absolute Gasteiger partial charge is 0.494 e. The zero-order valence-corrected chi connectivity index (χ0v) is 16.7. The summed E-state index contributed by atoms with van der Waals surface area (Å²) in [5, 5.41) is 0. The Morgan fingerprint density at radius 3 is 3.00 bits per heavy atom. The van der Waals surface area contributed by atoms with Crippen LogP contribution < -0.4 is 9.47 Å². The van der Waals surface area contributed by atoms with E-state index in [0.29, 0.717) is 5.92 Å². The van der Waals surface area contributed by atoms with Crippen LogP contribution in [-0.2, 0) is 19.3 Å². The van der Waals surface area contributed by atoms with Crippen LogP contribution in [0.1, 0.15) is 47.9 Å². The Morgan fingerprint density at radius 1 is 1.19 bits per heavy atom. The lowest BCUT2D eigenvalue weighted by Gasteiger charge is -2.30. The Balaban J connectivity index is 1.38. The highest BCUT2D eigenvalue weighted by Gasteiger charge is 2.24. The Morgan fingerprint density at radius 2 is 2.11 bits per heavy atom. The molecule has 2 aliphatic rings. The lowest BCUT2D eigenvalue weighted by Crippen LogP contribution is -2.28. The Hall–Kier alpha value is -2.00. The Labute approximate surface area is 163 Å². The quantitative estimate of drug-likeness (QED) is 0.715. The van der Waals surface area contributed by atoms with Gasteiger partial charge in [-0.2, -0.15) is 0 Å². The van der Waals surface area contributed by atoms with Crippen molar-refractivity contribution < 1.29 is 9.47 Å². The van der Waals surface area contributed by atoms with Gasteiger partial charge < -0.3 is 14.4 Å². The number of benzene rings is 2. The minimum atomic E-state index is 0.613. The first kappa shape index (κ1) is 18.4. The van der Waals surface area contributed by atoms with Crippen LogP contribution in [-0.4, -0.2) is 38.3 Å². The molecule has 0 saturated carbocycles. The van der Waals surface area contributed by atoms with E-state index in [4.69, 9.17) is 9.47 Å². The molecule has 27 heavy (non-hydrogen) atoms. The van der Waals surface area contributed by atoms with E-state index in [0.717, 1.165) is 57.1 Å². The molecule has 3 nitrogen and oxygen atoms in total. The van der Waals surface area contributed by atoms with Crippen molar-refractivity contribution in [1.29, 1.82) is 0 Å². The summed E-state index contributed by atoms with van der Waals surface area (Å²) in [7, 11) is 2.25. The lowest BCUT2D eigenvalue weighted by molar-refractivity contribution is 0.296. The van der Waals surface area contributed by atoms with Gasteiger partial charge in [0.2, 0.25) is 0 Å². The summed E-state index contributed by atoms with van der Waals surface area (Å²) in [4.78, 5) is 2.49. The molecule has 4 rings (SSSR count). The van der Waals surface area contributed by atoms with Gasteiger partial charge in [0.25, 0.3) is 0 Å². The normalized spacial score (nSPS) is 18.1. The van der Waals surface area contributed by atoms with E-state index in [-0.39, 0.29) is 0 Å². The molecule has 3 heteroatoms. The van der Waals surface area contributed by atoms with Gasteiger partial charge in [-0.25, -0.2) is 0 Å². The number of likely N-dealkylation sites (N-methyl/N-ethyl adjacent to an activating group) is 1. The predicted molar refractivity (Wildman–Crippen MR) is 110 cm³/mol. The highest BCUT2D eigenvalue weighted by Crippen LogP contribution is 2.37. The molecule has 1 atom stereocenters. The minimum absolute atomic E-state index is 0.613. The molecule has 0 bridgehead atoms. The van der Waals surface area contributed by atoms with E-state index < -0.39 is 0 Å². The van der Waals surface area contributed by atoms with Crippen molar-refractivity contribution >= 4 is 0 Å². The van der Waals surface area contributed by atoms with E-state index in [2.05, 4.69) is 55.3 Å². The zero-order valence-electron chi connectivity index (χ0n) is 16.7. The standard InChI is InChI=1S/C24H31NO2/c1-3-26-23-9-5-7-21-20(6-4-8-22(21)23)17-25(2)14-12-18-10-11-19-13-15-27-24(19)16-18/h5,7,9-11,16,20H,3-4,6,8,12-15,17H2,1-2H3/t20-/m0/s1. The van der Waals surface area contributed by atoms with E-state index in [1.54, 1.807) is 0 Å². The van der Waals surface area contributed by atoms with Crippen molar-refractivity contribution in [2.45, 2.75) is 44.9 Å². The third-order valence-electron chi connectivity index (χ3n) is 5.96. The van der Waals surface area contributed by atoms with Crippen LogP contribution >= 0.6 is 0 Å². The topological polar surface area (TPSA) is 21.7 Å². The summed E-state index contributed by atoms with van der Waals surface area (Å²) in [5.41, 5.74) is 5.69. The van der Waals surface area contributed by atoms with Crippen molar-refractivity contribution in [3.8, 4) is 11.5 Å². The van der Waals surface area contributed by atoms with E-state index in [1.165, 1.54) is 35.1 Å². The van der Waals surface area contributed by atoms with Gasteiger partial charge >= 0.3 is 0 Å². The molecule has 0 saturated heterocycles. The van der Waals surface area contributed by atoms with E-state index in [9.17, 15) is 0 Å². The van der Waals surface area contributed by atoms with Gasteiger partial charge in [0.1, 0.15) is 11.5 Å². The second kappa shape index (κ2) is 8.35. The highest BCUT2D eigenvalue weighted by molar-refractivity contribution is 5.44. The zero-order chi connectivity index (χ0) is 18.6. The molecular formula is C24H31NO2.